The molecular formula is C12H18N6. The van der Waals surface area contributed by atoms with Gasteiger partial charge in [0.2, 0.25) is 0 Å². The van der Waals surface area contributed by atoms with Crippen molar-refractivity contribution in [1.82, 2.24) is 25.4 Å². The molecule has 0 aliphatic carbocycles. The van der Waals surface area contributed by atoms with E-state index < -0.39 is 0 Å². The number of hydrogen-bond acceptors (Lipinski definition) is 5. The topological polar surface area (TPSA) is 81.7 Å². The third kappa shape index (κ3) is 2.55. The molecule has 0 amide bonds. The monoisotopic (exact) mass is 246 g/mol. The Morgan fingerprint density at radius 3 is 2.83 bits per heavy atom. The minimum atomic E-state index is -0.139. The first kappa shape index (κ1) is 12.7. The molecule has 3 N–H and O–H groups in total. The van der Waals surface area contributed by atoms with Gasteiger partial charge >= 0.3 is 0 Å². The van der Waals surface area contributed by atoms with E-state index in [-0.39, 0.29) is 6.04 Å². The summed E-state index contributed by atoms with van der Waals surface area (Å²) in [6.45, 7) is 4.88. The van der Waals surface area contributed by atoms with Crippen LogP contribution in [-0.4, -0.2) is 20.0 Å². The van der Waals surface area contributed by atoms with Crippen molar-refractivity contribution in [3.05, 3.63) is 41.5 Å². The highest BCUT2D eigenvalue weighted by molar-refractivity contribution is 5.24. The molecule has 0 saturated heterocycles. The molecule has 96 valence electrons. The molecule has 0 aliphatic rings. The number of hydrazine groups is 1. The van der Waals surface area contributed by atoms with Gasteiger partial charge in [0.15, 0.2) is 0 Å². The fourth-order valence-electron chi connectivity index (χ4n) is 1.88. The number of aromatic nitrogens is 4. The van der Waals surface area contributed by atoms with Crippen molar-refractivity contribution < 1.29 is 0 Å². The molecule has 6 heteroatoms. The molecule has 0 bridgehead atoms. The number of hydrogen-bond donors (Lipinski definition) is 2. The first-order valence-electron chi connectivity index (χ1n) is 6.03. The Bertz CT molecular complexity index is 490. The summed E-state index contributed by atoms with van der Waals surface area (Å²) in [7, 11) is 0. The van der Waals surface area contributed by atoms with Gasteiger partial charge in [0, 0.05) is 18.4 Å². The molecule has 0 radical (unpaired) electrons. The molecular weight excluding hydrogens is 228 g/mol. The standard InChI is InChI=1S/C12H18N6/c1-3-6-18-11(8-15-17-18)12(16-13)10-5-4-9(2)14-7-10/h4-5,7-8,12,16H,3,6,13H2,1-2H3. The molecule has 2 aromatic heterocycles. The van der Waals surface area contributed by atoms with Gasteiger partial charge in [-0.1, -0.05) is 18.2 Å². The lowest BCUT2D eigenvalue weighted by atomic mass is 10.1. The van der Waals surface area contributed by atoms with E-state index in [9.17, 15) is 0 Å². The molecule has 0 aromatic carbocycles. The molecule has 0 aliphatic heterocycles. The average molecular weight is 246 g/mol. The first-order valence-corrected chi connectivity index (χ1v) is 6.03. The zero-order valence-corrected chi connectivity index (χ0v) is 10.7. The van der Waals surface area contributed by atoms with Crippen LogP contribution in [0.3, 0.4) is 0 Å². The van der Waals surface area contributed by atoms with Crippen molar-refractivity contribution in [2.75, 3.05) is 0 Å². The zero-order chi connectivity index (χ0) is 13.0. The Hall–Kier alpha value is -1.79. The van der Waals surface area contributed by atoms with E-state index in [1.807, 2.05) is 29.9 Å². The molecule has 6 nitrogen and oxygen atoms in total. The van der Waals surface area contributed by atoms with E-state index in [4.69, 9.17) is 5.84 Å². The second-order valence-corrected chi connectivity index (χ2v) is 4.21. The van der Waals surface area contributed by atoms with Crippen molar-refractivity contribution in [1.29, 1.82) is 0 Å². The fourth-order valence-corrected chi connectivity index (χ4v) is 1.88. The van der Waals surface area contributed by atoms with Crippen molar-refractivity contribution in [3.8, 4) is 0 Å². The lowest BCUT2D eigenvalue weighted by Crippen LogP contribution is -2.30. The SMILES string of the molecule is CCCn1nncc1C(NN)c1ccc(C)nc1. The molecule has 2 heterocycles. The Kier molecular flexibility index (Phi) is 4.01. The van der Waals surface area contributed by atoms with Crippen molar-refractivity contribution in [2.45, 2.75) is 32.9 Å². The average Bonchev–Trinajstić information content (AvgIpc) is 2.82. The highest BCUT2D eigenvalue weighted by Crippen LogP contribution is 2.19. The molecule has 2 aromatic rings. The third-order valence-corrected chi connectivity index (χ3v) is 2.81. The summed E-state index contributed by atoms with van der Waals surface area (Å²) < 4.78 is 1.87. The molecule has 1 unspecified atom stereocenters. The van der Waals surface area contributed by atoms with Crippen LogP contribution >= 0.6 is 0 Å². The maximum absolute atomic E-state index is 5.65. The summed E-state index contributed by atoms with van der Waals surface area (Å²) in [5.74, 6) is 5.65. The van der Waals surface area contributed by atoms with Gasteiger partial charge in [0.05, 0.1) is 17.9 Å². The number of aryl methyl sites for hydroxylation is 2. The molecule has 18 heavy (non-hydrogen) atoms. The largest absolute Gasteiger partial charge is 0.271 e. The maximum Gasteiger partial charge on any atom is 0.0909 e. The normalized spacial score (nSPS) is 12.6. The lowest BCUT2D eigenvalue weighted by molar-refractivity contribution is 0.511. The van der Waals surface area contributed by atoms with Crippen LogP contribution in [0.25, 0.3) is 0 Å². The summed E-state index contributed by atoms with van der Waals surface area (Å²) in [6, 6.07) is 3.84. The first-order chi connectivity index (χ1) is 8.76. The Balaban J connectivity index is 2.32. The van der Waals surface area contributed by atoms with Crippen molar-refractivity contribution in [3.63, 3.8) is 0 Å². The smallest absolute Gasteiger partial charge is 0.0909 e. The highest BCUT2D eigenvalue weighted by atomic mass is 15.4. The van der Waals surface area contributed by atoms with Gasteiger partial charge in [0.25, 0.3) is 0 Å². The van der Waals surface area contributed by atoms with Crippen LogP contribution in [0.4, 0.5) is 0 Å². The summed E-state index contributed by atoms with van der Waals surface area (Å²) in [4.78, 5) is 4.29. The van der Waals surface area contributed by atoms with Gasteiger partial charge in [-0.05, 0) is 25.0 Å². The Morgan fingerprint density at radius 2 is 2.22 bits per heavy atom. The maximum atomic E-state index is 5.65. The van der Waals surface area contributed by atoms with E-state index in [1.165, 1.54) is 0 Å². The van der Waals surface area contributed by atoms with Gasteiger partial charge in [-0.2, -0.15) is 0 Å². The van der Waals surface area contributed by atoms with Crippen LogP contribution in [0.2, 0.25) is 0 Å². The number of rotatable bonds is 5. The summed E-state index contributed by atoms with van der Waals surface area (Å²) in [5, 5.41) is 8.02. The van der Waals surface area contributed by atoms with Crippen LogP contribution < -0.4 is 11.3 Å². The second-order valence-electron chi connectivity index (χ2n) is 4.21. The third-order valence-electron chi connectivity index (χ3n) is 2.81. The summed E-state index contributed by atoms with van der Waals surface area (Å²) in [5.41, 5.74) is 5.73. The number of nitrogens with one attached hydrogen (secondary N) is 1. The minimum Gasteiger partial charge on any atom is -0.271 e. The Morgan fingerprint density at radius 1 is 1.39 bits per heavy atom. The van der Waals surface area contributed by atoms with Gasteiger partial charge in [-0.15, -0.1) is 5.10 Å². The van der Waals surface area contributed by atoms with E-state index >= 15 is 0 Å². The van der Waals surface area contributed by atoms with E-state index in [0.29, 0.717) is 0 Å². The quantitative estimate of drug-likeness (QED) is 0.606. The molecule has 0 fully saturated rings. The second kappa shape index (κ2) is 5.70. The van der Waals surface area contributed by atoms with Crippen LogP contribution in [0.5, 0.6) is 0 Å². The molecule has 1 atom stereocenters. The van der Waals surface area contributed by atoms with Crippen molar-refractivity contribution >= 4 is 0 Å². The number of nitrogens with zero attached hydrogens (tertiary/aromatic N) is 4. The van der Waals surface area contributed by atoms with Crippen LogP contribution in [0.1, 0.15) is 36.3 Å². The Labute approximate surface area is 106 Å². The van der Waals surface area contributed by atoms with Gasteiger partial charge < -0.3 is 0 Å². The van der Waals surface area contributed by atoms with E-state index in [2.05, 4.69) is 27.6 Å². The van der Waals surface area contributed by atoms with Crippen molar-refractivity contribution in [2.24, 2.45) is 5.84 Å². The van der Waals surface area contributed by atoms with E-state index in [1.54, 1.807) is 6.20 Å². The summed E-state index contributed by atoms with van der Waals surface area (Å²) in [6.07, 6.45) is 4.56. The molecule has 2 rings (SSSR count). The zero-order valence-electron chi connectivity index (χ0n) is 10.7. The van der Waals surface area contributed by atoms with Crippen LogP contribution in [-0.2, 0) is 6.54 Å². The molecule has 0 saturated carbocycles. The fraction of sp³-hybridized carbons (Fsp3) is 0.417. The molecule has 0 spiro atoms. The lowest BCUT2D eigenvalue weighted by Gasteiger charge is -2.16. The van der Waals surface area contributed by atoms with Gasteiger partial charge in [-0.3, -0.25) is 10.8 Å². The number of nitrogens with two attached hydrogens (primary N) is 1. The van der Waals surface area contributed by atoms with Crippen LogP contribution in [0.15, 0.2) is 24.5 Å². The minimum absolute atomic E-state index is 0.139. The van der Waals surface area contributed by atoms with Gasteiger partial charge in [-0.25, -0.2) is 10.1 Å². The van der Waals surface area contributed by atoms with Crippen LogP contribution in [0, 0.1) is 6.92 Å². The summed E-state index contributed by atoms with van der Waals surface area (Å²) >= 11 is 0. The van der Waals surface area contributed by atoms with E-state index in [0.717, 1.165) is 29.9 Å². The number of pyridine rings is 1. The van der Waals surface area contributed by atoms with Gasteiger partial charge in [0.1, 0.15) is 0 Å². The highest BCUT2D eigenvalue weighted by Gasteiger charge is 2.17. The predicted octanol–water partition coefficient (Wildman–Crippen LogP) is 0.944. The predicted molar refractivity (Wildman–Crippen MR) is 68.5 cm³/mol.